The predicted octanol–water partition coefficient (Wildman–Crippen LogP) is 3.23. The summed E-state index contributed by atoms with van der Waals surface area (Å²) in [5, 5.41) is 5.56. The van der Waals surface area contributed by atoms with Crippen molar-refractivity contribution in [3.63, 3.8) is 0 Å². The lowest BCUT2D eigenvalue weighted by atomic mass is 10.1. The van der Waals surface area contributed by atoms with Crippen LogP contribution in [0.15, 0.2) is 18.3 Å². The average molecular weight is 351 g/mol. The van der Waals surface area contributed by atoms with Crippen molar-refractivity contribution in [2.75, 3.05) is 13.1 Å². The van der Waals surface area contributed by atoms with Crippen molar-refractivity contribution in [3.8, 4) is 0 Å². The second-order valence-electron chi connectivity index (χ2n) is 7.17. The van der Waals surface area contributed by atoms with E-state index in [1.54, 1.807) is 6.20 Å². The van der Waals surface area contributed by atoms with Crippen LogP contribution in [0.1, 0.15) is 49.1 Å². The molecule has 4 rings (SSSR count). The van der Waals surface area contributed by atoms with Gasteiger partial charge in [0, 0.05) is 37.1 Å². The van der Waals surface area contributed by atoms with E-state index in [1.165, 1.54) is 12.8 Å². The number of rotatable bonds is 3. The molecule has 0 radical (unpaired) electrons. The molecule has 0 N–H and O–H groups in total. The minimum absolute atomic E-state index is 0.262. The molecule has 1 aliphatic heterocycles. The van der Waals surface area contributed by atoms with Gasteiger partial charge in [0.2, 0.25) is 5.91 Å². The third kappa shape index (κ3) is 3.04. The van der Waals surface area contributed by atoms with Crippen LogP contribution in [0.3, 0.4) is 0 Å². The van der Waals surface area contributed by atoms with Crippen LogP contribution in [0, 0.1) is 13.8 Å². The zero-order valence-electron chi connectivity index (χ0n) is 15.5. The van der Waals surface area contributed by atoms with Crippen molar-refractivity contribution in [1.82, 2.24) is 24.5 Å². The molecular weight excluding hydrogens is 326 g/mol. The Morgan fingerprint density at radius 2 is 1.92 bits per heavy atom. The first-order valence-corrected chi connectivity index (χ1v) is 9.52. The Bertz CT molecular complexity index is 954. The van der Waals surface area contributed by atoms with Gasteiger partial charge in [-0.25, -0.2) is 14.5 Å². The predicted molar refractivity (Wildman–Crippen MR) is 101 cm³/mol. The van der Waals surface area contributed by atoms with Crippen LogP contribution in [-0.4, -0.2) is 43.5 Å². The van der Waals surface area contributed by atoms with Crippen LogP contribution in [-0.2, 0) is 11.2 Å². The number of fused-ring (bicyclic) bond motifs is 3. The molecule has 136 valence electrons. The fourth-order valence-electron chi connectivity index (χ4n) is 3.94. The third-order valence-corrected chi connectivity index (χ3v) is 5.44. The normalized spacial score (nSPS) is 15.5. The number of likely N-dealkylation sites (tertiary alicyclic amines) is 1. The molecule has 0 saturated carbocycles. The maximum Gasteiger partial charge on any atom is 0.222 e. The molecule has 1 aliphatic rings. The van der Waals surface area contributed by atoms with Crippen LogP contribution in [0.25, 0.3) is 16.7 Å². The molecule has 0 atom stereocenters. The minimum atomic E-state index is 0.262. The van der Waals surface area contributed by atoms with E-state index in [1.807, 2.05) is 28.5 Å². The number of carbonyl (C=O) groups is 1. The molecule has 6 nitrogen and oxygen atoms in total. The monoisotopic (exact) mass is 351 g/mol. The lowest BCUT2D eigenvalue weighted by Crippen LogP contribution is -2.32. The van der Waals surface area contributed by atoms with Gasteiger partial charge in [0.05, 0.1) is 5.39 Å². The SMILES string of the molecule is Cc1nc2c3cccnc3nn2c(C)c1CCC(=O)N1CCCCCC1. The molecule has 0 bridgehead atoms. The van der Waals surface area contributed by atoms with Crippen LogP contribution < -0.4 is 0 Å². The highest BCUT2D eigenvalue weighted by molar-refractivity contribution is 5.89. The fraction of sp³-hybridized carbons (Fsp3) is 0.500. The van der Waals surface area contributed by atoms with E-state index < -0.39 is 0 Å². The standard InChI is InChI=1S/C20H25N5O/c1-14-16(9-10-18(26)24-12-5-3-4-6-13-24)15(2)25-20(22-14)17-8-7-11-21-19(17)23-25/h7-8,11H,3-6,9-10,12-13H2,1-2H3. The summed E-state index contributed by atoms with van der Waals surface area (Å²) < 4.78 is 1.87. The summed E-state index contributed by atoms with van der Waals surface area (Å²) in [5.41, 5.74) is 4.69. The second kappa shape index (κ2) is 7.02. The summed E-state index contributed by atoms with van der Waals surface area (Å²) in [4.78, 5) is 23.8. The van der Waals surface area contributed by atoms with Crippen molar-refractivity contribution in [2.45, 2.75) is 52.4 Å². The first-order chi connectivity index (χ1) is 12.6. The topological polar surface area (TPSA) is 63.4 Å². The van der Waals surface area contributed by atoms with Gasteiger partial charge in [-0.2, -0.15) is 0 Å². The number of aromatic nitrogens is 4. The molecule has 26 heavy (non-hydrogen) atoms. The van der Waals surface area contributed by atoms with Gasteiger partial charge in [0.1, 0.15) is 0 Å². The van der Waals surface area contributed by atoms with E-state index in [2.05, 4.69) is 17.0 Å². The number of nitrogens with zero attached hydrogens (tertiary/aromatic N) is 5. The molecule has 1 fully saturated rings. The molecule has 1 saturated heterocycles. The molecule has 0 unspecified atom stereocenters. The lowest BCUT2D eigenvalue weighted by molar-refractivity contribution is -0.131. The molecule has 1 amide bonds. The Morgan fingerprint density at radius 1 is 1.15 bits per heavy atom. The van der Waals surface area contributed by atoms with E-state index in [0.29, 0.717) is 18.5 Å². The first kappa shape index (κ1) is 16.9. The minimum Gasteiger partial charge on any atom is -0.343 e. The maximum absolute atomic E-state index is 12.6. The highest BCUT2D eigenvalue weighted by Crippen LogP contribution is 2.22. The largest absolute Gasteiger partial charge is 0.343 e. The zero-order chi connectivity index (χ0) is 18.1. The van der Waals surface area contributed by atoms with Crippen LogP contribution in [0.2, 0.25) is 0 Å². The van der Waals surface area contributed by atoms with Gasteiger partial charge >= 0.3 is 0 Å². The summed E-state index contributed by atoms with van der Waals surface area (Å²) in [7, 11) is 0. The van der Waals surface area contributed by atoms with E-state index in [-0.39, 0.29) is 5.91 Å². The summed E-state index contributed by atoms with van der Waals surface area (Å²) in [6, 6.07) is 3.91. The highest BCUT2D eigenvalue weighted by atomic mass is 16.2. The summed E-state index contributed by atoms with van der Waals surface area (Å²) in [5.74, 6) is 0.262. The smallest absolute Gasteiger partial charge is 0.222 e. The Kier molecular flexibility index (Phi) is 4.57. The first-order valence-electron chi connectivity index (χ1n) is 9.52. The van der Waals surface area contributed by atoms with Gasteiger partial charge < -0.3 is 4.90 Å². The van der Waals surface area contributed by atoms with Gasteiger partial charge in [0.25, 0.3) is 0 Å². The molecule has 0 aliphatic carbocycles. The van der Waals surface area contributed by atoms with Crippen molar-refractivity contribution < 1.29 is 4.79 Å². The molecule has 0 spiro atoms. The molecule has 0 aromatic carbocycles. The van der Waals surface area contributed by atoms with Crippen molar-refractivity contribution in [3.05, 3.63) is 35.3 Å². The van der Waals surface area contributed by atoms with Gasteiger partial charge in [0.15, 0.2) is 11.3 Å². The van der Waals surface area contributed by atoms with Crippen molar-refractivity contribution in [1.29, 1.82) is 0 Å². The summed E-state index contributed by atoms with van der Waals surface area (Å²) in [6.07, 6.45) is 7.73. The van der Waals surface area contributed by atoms with Gasteiger partial charge in [-0.1, -0.05) is 12.8 Å². The lowest BCUT2D eigenvalue weighted by Gasteiger charge is -2.20. The number of hydrogen-bond acceptors (Lipinski definition) is 4. The average Bonchev–Trinajstić information content (AvgIpc) is 2.82. The quantitative estimate of drug-likeness (QED) is 0.727. The number of aryl methyl sites for hydroxylation is 2. The molecule has 3 aromatic rings. The van der Waals surface area contributed by atoms with Crippen LogP contribution in [0.4, 0.5) is 0 Å². The van der Waals surface area contributed by atoms with Gasteiger partial charge in [-0.3, -0.25) is 4.79 Å². The number of carbonyl (C=O) groups excluding carboxylic acids is 1. The Labute approximate surface area is 153 Å². The molecule has 3 aromatic heterocycles. The second-order valence-corrected chi connectivity index (χ2v) is 7.17. The number of pyridine rings is 1. The number of hydrogen-bond donors (Lipinski definition) is 0. The summed E-state index contributed by atoms with van der Waals surface area (Å²) >= 11 is 0. The molecule has 4 heterocycles. The van der Waals surface area contributed by atoms with Crippen molar-refractivity contribution in [2.24, 2.45) is 0 Å². The van der Waals surface area contributed by atoms with Crippen molar-refractivity contribution >= 4 is 22.6 Å². The van der Waals surface area contributed by atoms with E-state index in [4.69, 9.17) is 4.98 Å². The molecular formula is C20H25N5O. The van der Waals surface area contributed by atoms with Crippen LogP contribution in [0.5, 0.6) is 0 Å². The van der Waals surface area contributed by atoms with E-state index in [9.17, 15) is 4.79 Å². The molecule has 6 heteroatoms. The highest BCUT2D eigenvalue weighted by Gasteiger charge is 2.18. The third-order valence-electron chi connectivity index (χ3n) is 5.44. The summed E-state index contributed by atoms with van der Waals surface area (Å²) in [6.45, 7) is 5.89. The Balaban J connectivity index is 1.60. The van der Waals surface area contributed by atoms with Gasteiger partial charge in [-0.05, 0) is 50.8 Å². The fourth-order valence-corrected chi connectivity index (χ4v) is 3.94. The Hall–Kier alpha value is -2.50. The maximum atomic E-state index is 12.6. The Morgan fingerprint density at radius 3 is 2.69 bits per heavy atom. The van der Waals surface area contributed by atoms with Gasteiger partial charge in [-0.15, -0.1) is 5.10 Å². The van der Waals surface area contributed by atoms with E-state index >= 15 is 0 Å². The van der Waals surface area contributed by atoms with E-state index in [0.717, 1.165) is 53.9 Å². The van der Waals surface area contributed by atoms with Crippen LogP contribution >= 0.6 is 0 Å². The number of amides is 1. The zero-order valence-corrected chi connectivity index (χ0v) is 15.5.